The summed E-state index contributed by atoms with van der Waals surface area (Å²) in [4.78, 5) is 37.7. The van der Waals surface area contributed by atoms with E-state index in [-0.39, 0.29) is 36.7 Å². The van der Waals surface area contributed by atoms with Crippen LogP contribution in [0.4, 0.5) is 11.4 Å². The predicted molar refractivity (Wildman–Crippen MR) is 114 cm³/mol. The number of hydrogen-bond donors (Lipinski definition) is 2. The topological polar surface area (TPSA) is 87.7 Å². The summed E-state index contributed by atoms with van der Waals surface area (Å²) < 4.78 is 6.48. The van der Waals surface area contributed by atoms with Crippen LogP contribution >= 0.6 is 15.9 Å². The van der Waals surface area contributed by atoms with Gasteiger partial charge in [-0.25, -0.2) is 0 Å². The summed E-state index contributed by atoms with van der Waals surface area (Å²) in [6, 6.07) is 12.5. The molecule has 0 aromatic heterocycles. The first-order valence-electron chi connectivity index (χ1n) is 9.18. The number of halogens is 1. The van der Waals surface area contributed by atoms with Crippen LogP contribution in [0.25, 0.3) is 0 Å². The van der Waals surface area contributed by atoms with Crippen LogP contribution in [0.15, 0.2) is 46.9 Å². The Labute approximate surface area is 177 Å². The zero-order chi connectivity index (χ0) is 21.0. The first-order chi connectivity index (χ1) is 13.9. The van der Waals surface area contributed by atoms with Crippen LogP contribution in [0.3, 0.4) is 0 Å². The lowest BCUT2D eigenvalue weighted by Crippen LogP contribution is -2.30. The molecule has 0 aliphatic carbocycles. The molecule has 1 fully saturated rings. The molecule has 0 unspecified atom stereocenters. The van der Waals surface area contributed by atoms with Gasteiger partial charge in [-0.1, -0.05) is 15.9 Å². The van der Waals surface area contributed by atoms with Crippen molar-refractivity contribution in [3.05, 3.63) is 52.5 Å². The van der Waals surface area contributed by atoms with Gasteiger partial charge in [0.25, 0.3) is 5.91 Å². The van der Waals surface area contributed by atoms with Crippen molar-refractivity contribution in [3.8, 4) is 5.75 Å². The van der Waals surface area contributed by atoms with E-state index in [0.717, 1.165) is 15.7 Å². The van der Waals surface area contributed by atoms with Gasteiger partial charge in [0, 0.05) is 35.9 Å². The maximum Gasteiger partial charge on any atom is 0.262 e. The molecule has 7 nitrogen and oxygen atoms in total. The Balaban J connectivity index is 1.55. The highest BCUT2D eigenvalue weighted by molar-refractivity contribution is 9.10. The van der Waals surface area contributed by atoms with E-state index in [4.69, 9.17) is 4.74 Å². The number of rotatable bonds is 6. The fourth-order valence-electron chi connectivity index (χ4n) is 3.16. The highest BCUT2D eigenvalue weighted by Crippen LogP contribution is 2.27. The lowest BCUT2D eigenvalue weighted by molar-refractivity contribution is -0.125. The van der Waals surface area contributed by atoms with Crippen LogP contribution in [0.2, 0.25) is 0 Å². The Hall–Kier alpha value is -2.87. The molecule has 29 heavy (non-hydrogen) atoms. The molecular formula is C21H22BrN3O4. The summed E-state index contributed by atoms with van der Waals surface area (Å²) in [6.45, 7) is 2.14. The van der Waals surface area contributed by atoms with Gasteiger partial charge < -0.3 is 20.3 Å². The molecule has 2 N–H and O–H groups in total. The standard InChI is InChI=1S/C21H22BrN3O4/c1-13-9-15(22)3-8-18(13)24-19(26)12-29-17-6-4-16(5-7-17)25-11-14(10-20(25)27)21(28)23-2/h3-9,14H,10-12H2,1-2H3,(H,23,28)(H,24,26)/t14-/m0/s1. The molecule has 0 radical (unpaired) electrons. The Morgan fingerprint density at radius 3 is 2.59 bits per heavy atom. The van der Waals surface area contributed by atoms with E-state index in [2.05, 4.69) is 26.6 Å². The number of aryl methyl sites for hydroxylation is 1. The van der Waals surface area contributed by atoms with Gasteiger partial charge in [-0.05, 0) is 55.0 Å². The highest BCUT2D eigenvalue weighted by Gasteiger charge is 2.34. The predicted octanol–water partition coefficient (Wildman–Crippen LogP) is 2.87. The van der Waals surface area contributed by atoms with Crippen LogP contribution in [0.1, 0.15) is 12.0 Å². The Morgan fingerprint density at radius 2 is 1.93 bits per heavy atom. The van der Waals surface area contributed by atoms with Gasteiger partial charge in [-0.2, -0.15) is 0 Å². The SMILES string of the molecule is CNC(=O)[C@H]1CC(=O)N(c2ccc(OCC(=O)Nc3ccc(Br)cc3C)cc2)C1. The second-order valence-electron chi connectivity index (χ2n) is 6.81. The zero-order valence-corrected chi connectivity index (χ0v) is 17.8. The average Bonchev–Trinajstić information content (AvgIpc) is 3.10. The maximum absolute atomic E-state index is 12.2. The van der Waals surface area contributed by atoms with E-state index in [9.17, 15) is 14.4 Å². The maximum atomic E-state index is 12.2. The third kappa shape index (κ3) is 5.14. The lowest BCUT2D eigenvalue weighted by Gasteiger charge is -2.17. The number of anilines is 2. The molecule has 0 saturated carbocycles. The molecule has 2 aromatic rings. The van der Waals surface area contributed by atoms with Gasteiger partial charge in [-0.15, -0.1) is 0 Å². The van der Waals surface area contributed by atoms with Crippen LogP contribution in [0.5, 0.6) is 5.75 Å². The molecule has 1 saturated heterocycles. The smallest absolute Gasteiger partial charge is 0.262 e. The molecule has 152 valence electrons. The number of nitrogens with one attached hydrogen (secondary N) is 2. The minimum absolute atomic E-state index is 0.0866. The minimum atomic E-state index is -0.339. The van der Waals surface area contributed by atoms with Gasteiger partial charge in [0.2, 0.25) is 11.8 Å². The highest BCUT2D eigenvalue weighted by atomic mass is 79.9. The van der Waals surface area contributed by atoms with Crippen molar-refractivity contribution < 1.29 is 19.1 Å². The summed E-state index contributed by atoms with van der Waals surface area (Å²) in [6.07, 6.45) is 0.202. The molecule has 2 aromatic carbocycles. The molecule has 0 spiro atoms. The molecular weight excluding hydrogens is 438 g/mol. The molecule has 8 heteroatoms. The van der Waals surface area contributed by atoms with E-state index in [0.29, 0.717) is 18.0 Å². The van der Waals surface area contributed by atoms with E-state index in [1.807, 2.05) is 25.1 Å². The number of amides is 3. The summed E-state index contributed by atoms with van der Waals surface area (Å²) >= 11 is 3.39. The first-order valence-corrected chi connectivity index (χ1v) is 9.97. The van der Waals surface area contributed by atoms with Gasteiger partial charge in [0.15, 0.2) is 6.61 Å². The van der Waals surface area contributed by atoms with Crippen molar-refractivity contribution in [1.82, 2.24) is 5.32 Å². The van der Waals surface area contributed by atoms with Gasteiger partial charge in [0.1, 0.15) is 5.75 Å². The normalized spacial score (nSPS) is 15.9. The van der Waals surface area contributed by atoms with Crippen molar-refractivity contribution in [1.29, 1.82) is 0 Å². The lowest BCUT2D eigenvalue weighted by atomic mass is 10.1. The van der Waals surface area contributed by atoms with E-state index < -0.39 is 0 Å². The third-order valence-electron chi connectivity index (χ3n) is 4.72. The van der Waals surface area contributed by atoms with Crippen molar-refractivity contribution in [2.75, 3.05) is 30.4 Å². The van der Waals surface area contributed by atoms with Crippen LogP contribution in [0, 0.1) is 12.8 Å². The number of ether oxygens (including phenoxy) is 1. The Bertz CT molecular complexity index is 930. The van der Waals surface area contributed by atoms with Gasteiger partial charge >= 0.3 is 0 Å². The second-order valence-corrected chi connectivity index (χ2v) is 7.73. The number of carbonyl (C=O) groups is 3. The van der Waals surface area contributed by atoms with Crippen LogP contribution < -0.4 is 20.3 Å². The van der Waals surface area contributed by atoms with E-state index in [1.54, 1.807) is 36.2 Å². The van der Waals surface area contributed by atoms with Gasteiger partial charge in [-0.3, -0.25) is 14.4 Å². The molecule has 1 atom stereocenters. The average molecular weight is 460 g/mol. The summed E-state index contributed by atoms with van der Waals surface area (Å²) in [5.41, 5.74) is 2.38. The Kier molecular flexibility index (Phi) is 6.53. The number of hydrogen-bond acceptors (Lipinski definition) is 4. The fraction of sp³-hybridized carbons (Fsp3) is 0.286. The van der Waals surface area contributed by atoms with E-state index in [1.165, 1.54) is 0 Å². The molecule has 3 amide bonds. The first kappa shape index (κ1) is 20.9. The molecule has 1 aliphatic heterocycles. The number of carbonyl (C=O) groups excluding carboxylic acids is 3. The summed E-state index contributed by atoms with van der Waals surface area (Å²) in [5.74, 6) is -0.299. The Morgan fingerprint density at radius 1 is 1.21 bits per heavy atom. The van der Waals surface area contributed by atoms with E-state index >= 15 is 0 Å². The quantitative estimate of drug-likeness (QED) is 0.694. The molecule has 1 aliphatic rings. The summed E-state index contributed by atoms with van der Waals surface area (Å²) in [5, 5.41) is 5.40. The molecule has 1 heterocycles. The number of nitrogens with zero attached hydrogens (tertiary/aromatic N) is 1. The monoisotopic (exact) mass is 459 g/mol. The molecule has 0 bridgehead atoms. The largest absolute Gasteiger partial charge is 0.484 e. The number of benzene rings is 2. The fourth-order valence-corrected chi connectivity index (χ4v) is 3.64. The van der Waals surface area contributed by atoms with Crippen molar-refractivity contribution >= 4 is 45.0 Å². The summed E-state index contributed by atoms with van der Waals surface area (Å²) in [7, 11) is 1.57. The van der Waals surface area contributed by atoms with Crippen LogP contribution in [-0.2, 0) is 14.4 Å². The van der Waals surface area contributed by atoms with Crippen LogP contribution in [-0.4, -0.2) is 37.9 Å². The van der Waals surface area contributed by atoms with Crippen molar-refractivity contribution in [2.24, 2.45) is 5.92 Å². The molecule has 3 rings (SSSR count). The minimum Gasteiger partial charge on any atom is -0.484 e. The second kappa shape index (κ2) is 9.09. The third-order valence-corrected chi connectivity index (χ3v) is 5.22. The zero-order valence-electron chi connectivity index (χ0n) is 16.2. The van der Waals surface area contributed by atoms with Gasteiger partial charge in [0.05, 0.1) is 5.92 Å². The van der Waals surface area contributed by atoms with Crippen molar-refractivity contribution in [3.63, 3.8) is 0 Å². The van der Waals surface area contributed by atoms with Crippen molar-refractivity contribution in [2.45, 2.75) is 13.3 Å².